The Morgan fingerprint density at radius 1 is 1.07 bits per heavy atom. The molecule has 0 aliphatic carbocycles. The second kappa shape index (κ2) is 8.31. The van der Waals surface area contributed by atoms with Gasteiger partial charge in [0.25, 0.3) is 5.56 Å². The van der Waals surface area contributed by atoms with Crippen molar-refractivity contribution in [2.75, 3.05) is 7.11 Å². The maximum Gasteiger partial charge on any atom is 0.265 e. The summed E-state index contributed by atoms with van der Waals surface area (Å²) < 4.78 is 7.14. The SMILES string of the molecule is COc1ccccc1SCc1nc2ccccc2c(=O)n1-c1ccc(Cl)cc1C. The molecular formula is C23H19ClN2O2S. The van der Waals surface area contributed by atoms with Gasteiger partial charge in [0.2, 0.25) is 0 Å². The summed E-state index contributed by atoms with van der Waals surface area (Å²) in [4.78, 5) is 19.2. The van der Waals surface area contributed by atoms with E-state index >= 15 is 0 Å². The van der Waals surface area contributed by atoms with Crippen molar-refractivity contribution in [3.05, 3.63) is 93.5 Å². The number of benzene rings is 3. The molecule has 29 heavy (non-hydrogen) atoms. The smallest absolute Gasteiger partial charge is 0.265 e. The van der Waals surface area contributed by atoms with E-state index in [1.54, 1.807) is 29.5 Å². The summed E-state index contributed by atoms with van der Waals surface area (Å²) in [6.45, 7) is 1.94. The number of ether oxygens (including phenoxy) is 1. The second-order valence-corrected chi connectivity index (χ2v) is 8.01. The van der Waals surface area contributed by atoms with E-state index in [1.807, 2.05) is 67.6 Å². The molecule has 0 saturated heterocycles. The molecular weight excluding hydrogens is 404 g/mol. The average molecular weight is 423 g/mol. The van der Waals surface area contributed by atoms with Gasteiger partial charge in [-0.1, -0.05) is 35.9 Å². The van der Waals surface area contributed by atoms with Crippen molar-refractivity contribution < 1.29 is 4.74 Å². The molecule has 0 aliphatic heterocycles. The Labute approximate surface area is 178 Å². The van der Waals surface area contributed by atoms with Crippen molar-refractivity contribution in [1.29, 1.82) is 0 Å². The molecule has 0 N–H and O–H groups in total. The Bertz CT molecular complexity index is 1250. The number of thioether (sulfide) groups is 1. The molecule has 4 aromatic rings. The van der Waals surface area contributed by atoms with Crippen LogP contribution in [0.15, 0.2) is 76.4 Å². The fraction of sp³-hybridized carbons (Fsp3) is 0.130. The van der Waals surface area contributed by atoms with Crippen LogP contribution in [0.5, 0.6) is 5.75 Å². The van der Waals surface area contributed by atoms with Gasteiger partial charge in [0.1, 0.15) is 11.6 Å². The predicted molar refractivity (Wildman–Crippen MR) is 120 cm³/mol. The second-order valence-electron chi connectivity index (χ2n) is 6.56. The Kier molecular flexibility index (Phi) is 5.60. The van der Waals surface area contributed by atoms with Crippen LogP contribution in [-0.2, 0) is 5.75 Å². The van der Waals surface area contributed by atoms with E-state index in [2.05, 4.69) is 0 Å². The van der Waals surface area contributed by atoms with Gasteiger partial charge in [0, 0.05) is 9.92 Å². The number of hydrogen-bond donors (Lipinski definition) is 0. The summed E-state index contributed by atoms with van der Waals surface area (Å²) in [5.74, 6) is 1.99. The summed E-state index contributed by atoms with van der Waals surface area (Å²) >= 11 is 7.72. The van der Waals surface area contributed by atoms with Gasteiger partial charge in [0.05, 0.1) is 29.5 Å². The molecule has 0 bridgehead atoms. The highest BCUT2D eigenvalue weighted by atomic mass is 35.5. The molecule has 0 aliphatic rings. The molecule has 6 heteroatoms. The summed E-state index contributed by atoms with van der Waals surface area (Å²) in [6.07, 6.45) is 0. The third-order valence-electron chi connectivity index (χ3n) is 4.67. The molecule has 0 fully saturated rings. The van der Waals surface area contributed by atoms with Gasteiger partial charge in [0.15, 0.2) is 0 Å². The standard InChI is InChI=1S/C23H19ClN2O2S/c1-15-13-16(24)11-12-19(15)26-22(14-29-21-10-6-5-9-20(21)28-2)25-18-8-4-3-7-17(18)23(26)27/h3-13H,14H2,1-2H3. The predicted octanol–water partition coefficient (Wildman–Crippen LogP) is 5.65. The van der Waals surface area contributed by atoms with E-state index in [9.17, 15) is 4.79 Å². The van der Waals surface area contributed by atoms with Gasteiger partial charge >= 0.3 is 0 Å². The number of methoxy groups -OCH3 is 1. The van der Waals surface area contributed by atoms with Gasteiger partial charge < -0.3 is 4.74 Å². The van der Waals surface area contributed by atoms with Gasteiger partial charge in [-0.3, -0.25) is 9.36 Å². The first-order valence-corrected chi connectivity index (χ1v) is 10.5. The Morgan fingerprint density at radius 3 is 2.62 bits per heavy atom. The minimum absolute atomic E-state index is 0.0864. The first kappa shape index (κ1) is 19.6. The molecule has 0 amide bonds. The maximum atomic E-state index is 13.4. The van der Waals surface area contributed by atoms with Crippen LogP contribution in [0.1, 0.15) is 11.4 Å². The number of hydrogen-bond acceptors (Lipinski definition) is 4. The number of rotatable bonds is 5. The topological polar surface area (TPSA) is 44.1 Å². The minimum Gasteiger partial charge on any atom is -0.496 e. The van der Waals surface area contributed by atoms with E-state index in [4.69, 9.17) is 21.3 Å². The number of nitrogens with zero attached hydrogens (tertiary/aromatic N) is 2. The van der Waals surface area contributed by atoms with E-state index in [0.29, 0.717) is 27.5 Å². The van der Waals surface area contributed by atoms with E-state index in [-0.39, 0.29) is 5.56 Å². The minimum atomic E-state index is -0.0864. The highest BCUT2D eigenvalue weighted by Gasteiger charge is 2.15. The lowest BCUT2D eigenvalue weighted by atomic mass is 10.2. The zero-order valence-electron chi connectivity index (χ0n) is 16.1. The van der Waals surface area contributed by atoms with Gasteiger partial charge in [-0.15, -0.1) is 11.8 Å². The first-order chi connectivity index (χ1) is 14.1. The highest BCUT2D eigenvalue weighted by Crippen LogP contribution is 2.31. The summed E-state index contributed by atoms with van der Waals surface area (Å²) in [5.41, 5.74) is 2.31. The molecule has 1 heterocycles. The summed E-state index contributed by atoms with van der Waals surface area (Å²) in [7, 11) is 1.65. The molecule has 0 unspecified atom stereocenters. The maximum absolute atomic E-state index is 13.4. The molecule has 0 atom stereocenters. The summed E-state index contributed by atoms with van der Waals surface area (Å²) in [6, 6.07) is 20.8. The van der Waals surface area contributed by atoms with Gasteiger partial charge in [-0.2, -0.15) is 0 Å². The van der Waals surface area contributed by atoms with Crippen molar-refractivity contribution in [1.82, 2.24) is 9.55 Å². The van der Waals surface area contributed by atoms with Crippen LogP contribution in [-0.4, -0.2) is 16.7 Å². The van der Waals surface area contributed by atoms with E-state index in [1.165, 1.54) is 0 Å². The average Bonchev–Trinajstić information content (AvgIpc) is 2.73. The Balaban J connectivity index is 1.86. The number of para-hydroxylation sites is 2. The van der Waals surface area contributed by atoms with Crippen LogP contribution < -0.4 is 10.3 Å². The fourth-order valence-electron chi connectivity index (χ4n) is 3.27. The van der Waals surface area contributed by atoms with Crippen LogP contribution in [0.2, 0.25) is 5.02 Å². The van der Waals surface area contributed by atoms with Crippen molar-refractivity contribution in [3.8, 4) is 11.4 Å². The van der Waals surface area contributed by atoms with Crippen LogP contribution in [0.3, 0.4) is 0 Å². The van der Waals surface area contributed by atoms with Gasteiger partial charge in [-0.05, 0) is 55.0 Å². The normalized spacial score (nSPS) is 11.0. The van der Waals surface area contributed by atoms with Crippen molar-refractivity contribution in [2.45, 2.75) is 17.6 Å². The molecule has 1 aromatic heterocycles. The highest BCUT2D eigenvalue weighted by molar-refractivity contribution is 7.98. The quantitative estimate of drug-likeness (QED) is 0.390. The lowest BCUT2D eigenvalue weighted by Gasteiger charge is -2.16. The molecule has 0 spiro atoms. The van der Waals surface area contributed by atoms with Gasteiger partial charge in [-0.25, -0.2) is 4.98 Å². The molecule has 0 saturated carbocycles. The molecule has 3 aromatic carbocycles. The monoisotopic (exact) mass is 422 g/mol. The third-order valence-corrected chi connectivity index (χ3v) is 5.96. The van der Waals surface area contributed by atoms with Crippen LogP contribution >= 0.6 is 23.4 Å². The Hall–Kier alpha value is -2.76. The van der Waals surface area contributed by atoms with Crippen LogP contribution in [0.25, 0.3) is 16.6 Å². The third kappa shape index (κ3) is 3.88. The molecule has 4 nitrogen and oxygen atoms in total. The molecule has 4 rings (SSSR count). The number of aryl methyl sites for hydroxylation is 1. The zero-order valence-corrected chi connectivity index (χ0v) is 17.6. The molecule has 0 radical (unpaired) electrons. The zero-order chi connectivity index (χ0) is 20.4. The molecule has 146 valence electrons. The lowest BCUT2D eigenvalue weighted by molar-refractivity contribution is 0.405. The van der Waals surface area contributed by atoms with E-state index < -0.39 is 0 Å². The van der Waals surface area contributed by atoms with Crippen molar-refractivity contribution in [3.63, 3.8) is 0 Å². The summed E-state index contributed by atoms with van der Waals surface area (Å²) in [5, 5.41) is 1.23. The first-order valence-electron chi connectivity index (χ1n) is 9.11. The van der Waals surface area contributed by atoms with Crippen molar-refractivity contribution in [2.24, 2.45) is 0 Å². The largest absolute Gasteiger partial charge is 0.496 e. The number of halogens is 1. The van der Waals surface area contributed by atoms with E-state index in [0.717, 1.165) is 21.9 Å². The fourth-order valence-corrected chi connectivity index (χ4v) is 4.45. The van der Waals surface area contributed by atoms with Crippen molar-refractivity contribution >= 4 is 34.3 Å². The Morgan fingerprint density at radius 2 is 1.83 bits per heavy atom. The lowest BCUT2D eigenvalue weighted by Crippen LogP contribution is -2.24. The number of fused-ring (bicyclic) bond motifs is 1. The number of aromatic nitrogens is 2. The van der Waals surface area contributed by atoms with Crippen LogP contribution in [0.4, 0.5) is 0 Å². The van der Waals surface area contributed by atoms with Crippen LogP contribution in [0, 0.1) is 6.92 Å².